The van der Waals surface area contributed by atoms with Crippen LogP contribution in [0.2, 0.25) is 0 Å². The van der Waals surface area contributed by atoms with Crippen molar-refractivity contribution in [2.24, 2.45) is 0 Å². The normalized spacial score (nSPS) is 10.8. The lowest BCUT2D eigenvalue weighted by Crippen LogP contribution is -2.04. The molecule has 0 spiro atoms. The number of aromatic nitrogens is 3. The monoisotopic (exact) mass is 459 g/mol. The van der Waals surface area contributed by atoms with Gasteiger partial charge in [-0.15, -0.1) is 0 Å². The lowest BCUT2D eigenvalue weighted by molar-refractivity contribution is 0.462. The molecule has 35 heavy (non-hydrogen) atoms. The molecule has 0 atom stereocenters. The second kappa shape index (κ2) is 9.32. The molecule has 0 saturated heterocycles. The van der Waals surface area contributed by atoms with Crippen molar-refractivity contribution < 1.29 is 4.74 Å². The summed E-state index contributed by atoms with van der Waals surface area (Å²) in [5.41, 5.74) is 6.64. The SMILES string of the molecule is Cc1cc(C)c(Oc2nc(Nc3ccc(C#N)cc3)nc3c2ccn3Cc2ccccc2)c(C)c1. The van der Waals surface area contributed by atoms with E-state index in [0.717, 1.165) is 33.6 Å². The molecule has 3 aromatic carbocycles. The molecule has 0 fully saturated rings. The Balaban J connectivity index is 1.59. The average molecular weight is 460 g/mol. The molecular weight excluding hydrogens is 434 g/mol. The third-order valence-corrected chi connectivity index (χ3v) is 5.85. The molecule has 6 heteroatoms. The number of hydrogen-bond acceptors (Lipinski definition) is 5. The predicted octanol–water partition coefficient (Wildman–Crippen LogP) is 6.81. The van der Waals surface area contributed by atoms with Crippen LogP contribution < -0.4 is 10.1 Å². The number of nitriles is 1. The van der Waals surface area contributed by atoms with E-state index in [0.29, 0.717) is 23.9 Å². The fraction of sp³-hybridized carbons (Fsp3) is 0.138. The molecule has 0 saturated carbocycles. The molecule has 6 nitrogen and oxygen atoms in total. The number of aryl methyl sites for hydroxylation is 3. The number of hydrogen-bond donors (Lipinski definition) is 1. The number of ether oxygens (including phenoxy) is 1. The zero-order valence-electron chi connectivity index (χ0n) is 19.9. The Kier molecular flexibility index (Phi) is 5.90. The van der Waals surface area contributed by atoms with E-state index in [1.54, 1.807) is 12.1 Å². The van der Waals surface area contributed by atoms with E-state index in [1.807, 2.05) is 56.4 Å². The molecule has 2 aromatic heterocycles. The Bertz CT molecular complexity index is 1520. The molecule has 5 rings (SSSR count). The maximum Gasteiger partial charge on any atom is 0.233 e. The highest BCUT2D eigenvalue weighted by Gasteiger charge is 2.16. The van der Waals surface area contributed by atoms with Gasteiger partial charge >= 0.3 is 0 Å². The van der Waals surface area contributed by atoms with Gasteiger partial charge in [-0.05, 0) is 67.8 Å². The van der Waals surface area contributed by atoms with Gasteiger partial charge in [0.1, 0.15) is 11.4 Å². The lowest BCUT2D eigenvalue weighted by Gasteiger charge is -2.14. The molecule has 0 aliphatic carbocycles. The molecule has 172 valence electrons. The molecule has 0 radical (unpaired) electrons. The van der Waals surface area contributed by atoms with Gasteiger partial charge in [-0.2, -0.15) is 15.2 Å². The first-order valence-corrected chi connectivity index (χ1v) is 11.4. The van der Waals surface area contributed by atoms with Crippen molar-refractivity contribution in [3.63, 3.8) is 0 Å². The second-order valence-corrected chi connectivity index (χ2v) is 8.66. The van der Waals surface area contributed by atoms with Gasteiger partial charge in [0.2, 0.25) is 11.8 Å². The van der Waals surface area contributed by atoms with Crippen molar-refractivity contribution >= 4 is 22.7 Å². The van der Waals surface area contributed by atoms with Crippen molar-refractivity contribution in [2.75, 3.05) is 5.32 Å². The lowest BCUT2D eigenvalue weighted by atomic mass is 10.1. The standard InChI is InChI=1S/C29H25N5O/c1-19-15-20(2)26(21(3)16-19)35-28-25-13-14-34(18-23-7-5-4-6-8-23)27(25)32-29(33-28)31-24-11-9-22(17-30)10-12-24/h4-16H,18H2,1-3H3,(H,31,32,33). The molecule has 1 N–H and O–H groups in total. The van der Waals surface area contributed by atoms with Crippen LogP contribution in [-0.4, -0.2) is 14.5 Å². The molecule has 0 aliphatic rings. The van der Waals surface area contributed by atoms with Crippen molar-refractivity contribution in [2.45, 2.75) is 27.3 Å². The van der Waals surface area contributed by atoms with Gasteiger partial charge in [-0.3, -0.25) is 0 Å². The number of nitrogens with zero attached hydrogens (tertiary/aromatic N) is 4. The first kappa shape index (κ1) is 22.2. The van der Waals surface area contributed by atoms with Crippen LogP contribution in [0.5, 0.6) is 11.6 Å². The predicted molar refractivity (Wildman–Crippen MR) is 138 cm³/mol. The Hall–Kier alpha value is -4.63. The molecule has 0 bridgehead atoms. The fourth-order valence-electron chi connectivity index (χ4n) is 4.26. The molecule has 0 unspecified atom stereocenters. The van der Waals surface area contributed by atoms with Crippen LogP contribution in [0.25, 0.3) is 11.0 Å². The van der Waals surface area contributed by atoms with E-state index in [9.17, 15) is 0 Å². The Labute approximate surface area is 204 Å². The van der Waals surface area contributed by atoms with E-state index in [2.05, 4.69) is 47.1 Å². The van der Waals surface area contributed by atoms with Crippen molar-refractivity contribution in [3.05, 3.63) is 107 Å². The summed E-state index contributed by atoms with van der Waals surface area (Å²) in [6.45, 7) is 6.85. The van der Waals surface area contributed by atoms with E-state index in [1.165, 1.54) is 11.1 Å². The van der Waals surface area contributed by atoms with Crippen LogP contribution in [0.4, 0.5) is 11.6 Å². The molecule has 0 amide bonds. The Morgan fingerprint density at radius 1 is 0.914 bits per heavy atom. The van der Waals surface area contributed by atoms with Crippen LogP contribution in [0.3, 0.4) is 0 Å². The quantitative estimate of drug-likeness (QED) is 0.302. The van der Waals surface area contributed by atoms with Gasteiger partial charge in [0.05, 0.1) is 17.0 Å². The molecule has 0 aliphatic heterocycles. The highest BCUT2D eigenvalue weighted by Crippen LogP contribution is 2.34. The van der Waals surface area contributed by atoms with Gasteiger partial charge in [-0.25, -0.2) is 0 Å². The van der Waals surface area contributed by atoms with Crippen LogP contribution in [0.15, 0.2) is 79.0 Å². The van der Waals surface area contributed by atoms with Crippen LogP contribution in [0, 0.1) is 32.1 Å². The summed E-state index contributed by atoms with van der Waals surface area (Å²) < 4.78 is 8.53. The van der Waals surface area contributed by atoms with Gasteiger partial charge < -0.3 is 14.6 Å². The van der Waals surface area contributed by atoms with Gasteiger partial charge in [0.15, 0.2) is 0 Å². The average Bonchev–Trinajstić information content (AvgIpc) is 3.25. The summed E-state index contributed by atoms with van der Waals surface area (Å²) >= 11 is 0. The summed E-state index contributed by atoms with van der Waals surface area (Å²) in [6.07, 6.45) is 2.01. The first-order chi connectivity index (χ1) is 17.0. The minimum absolute atomic E-state index is 0.424. The number of anilines is 2. The third kappa shape index (κ3) is 4.71. The van der Waals surface area contributed by atoms with Crippen LogP contribution in [0.1, 0.15) is 27.8 Å². The highest BCUT2D eigenvalue weighted by atomic mass is 16.5. The maximum atomic E-state index is 9.09. The second-order valence-electron chi connectivity index (χ2n) is 8.66. The van der Waals surface area contributed by atoms with Crippen molar-refractivity contribution in [1.82, 2.24) is 14.5 Å². The highest BCUT2D eigenvalue weighted by molar-refractivity contribution is 5.83. The van der Waals surface area contributed by atoms with Gasteiger partial charge in [-0.1, -0.05) is 48.0 Å². The van der Waals surface area contributed by atoms with Crippen molar-refractivity contribution in [3.8, 4) is 17.7 Å². The smallest absolute Gasteiger partial charge is 0.233 e. The Morgan fingerprint density at radius 2 is 1.63 bits per heavy atom. The third-order valence-electron chi connectivity index (χ3n) is 5.85. The summed E-state index contributed by atoms with van der Waals surface area (Å²) in [5, 5.41) is 13.2. The molecule has 5 aromatic rings. The largest absolute Gasteiger partial charge is 0.438 e. The summed E-state index contributed by atoms with van der Waals surface area (Å²) in [5.74, 6) is 1.72. The zero-order chi connectivity index (χ0) is 24.4. The Morgan fingerprint density at radius 3 is 2.31 bits per heavy atom. The van der Waals surface area contributed by atoms with Gasteiger partial charge in [0.25, 0.3) is 0 Å². The van der Waals surface area contributed by atoms with E-state index >= 15 is 0 Å². The van der Waals surface area contributed by atoms with E-state index in [-0.39, 0.29) is 0 Å². The summed E-state index contributed by atoms with van der Waals surface area (Å²) in [6, 6.07) is 25.8. The minimum atomic E-state index is 0.424. The fourth-order valence-corrected chi connectivity index (χ4v) is 4.26. The van der Waals surface area contributed by atoms with Gasteiger partial charge in [0, 0.05) is 18.4 Å². The molecular formula is C29H25N5O. The summed E-state index contributed by atoms with van der Waals surface area (Å²) in [4.78, 5) is 9.56. The molecule has 2 heterocycles. The van der Waals surface area contributed by atoms with Crippen LogP contribution in [-0.2, 0) is 6.54 Å². The maximum absolute atomic E-state index is 9.09. The summed E-state index contributed by atoms with van der Waals surface area (Å²) in [7, 11) is 0. The first-order valence-electron chi connectivity index (χ1n) is 11.4. The number of benzene rings is 3. The minimum Gasteiger partial charge on any atom is -0.438 e. The van der Waals surface area contributed by atoms with E-state index in [4.69, 9.17) is 20.0 Å². The number of fused-ring (bicyclic) bond motifs is 1. The zero-order valence-corrected chi connectivity index (χ0v) is 19.9. The number of nitrogens with one attached hydrogen (secondary N) is 1. The number of rotatable bonds is 6. The van der Waals surface area contributed by atoms with Crippen LogP contribution >= 0.6 is 0 Å². The topological polar surface area (TPSA) is 75.8 Å². The van der Waals surface area contributed by atoms with E-state index < -0.39 is 0 Å². The van der Waals surface area contributed by atoms with Crippen molar-refractivity contribution in [1.29, 1.82) is 5.26 Å².